The number of primary amides is 1. The molecule has 0 radical (unpaired) electrons. The number of imide groups is 1. The Morgan fingerprint density at radius 3 is 2.58 bits per heavy atom. The molecule has 3 amide bonds. The van der Waals surface area contributed by atoms with Crippen molar-refractivity contribution in [2.75, 3.05) is 5.01 Å². The normalized spacial score (nSPS) is 9.42. The topological polar surface area (TPSA) is 81.2 Å². The van der Waals surface area contributed by atoms with Crippen molar-refractivity contribution in [3.63, 3.8) is 0 Å². The van der Waals surface area contributed by atoms with Crippen LogP contribution in [0.1, 0.15) is 6.92 Å². The first-order valence-electron chi connectivity index (χ1n) is 3.21. The van der Waals surface area contributed by atoms with E-state index in [1.807, 2.05) is 0 Å². The van der Waals surface area contributed by atoms with Gasteiger partial charge in [0.1, 0.15) is 6.33 Å². The summed E-state index contributed by atoms with van der Waals surface area (Å²) in [5.41, 5.74) is 4.95. The van der Waals surface area contributed by atoms with Gasteiger partial charge in [-0.25, -0.2) is 14.5 Å². The molecule has 2 N–H and O–H groups in total. The summed E-state index contributed by atoms with van der Waals surface area (Å²) in [6.45, 7) is 1.24. The van der Waals surface area contributed by atoms with Crippen molar-refractivity contribution in [1.29, 1.82) is 0 Å². The molecule has 0 unspecified atom stereocenters. The van der Waals surface area contributed by atoms with E-state index in [1.165, 1.54) is 30.3 Å². The molecular weight excluding hydrogens is 160 g/mol. The zero-order valence-corrected chi connectivity index (χ0v) is 6.47. The van der Waals surface area contributed by atoms with Crippen molar-refractivity contribution >= 4 is 11.9 Å². The number of hydrogen-bond acceptors (Lipinski definition) is 3. The minimum Gasteiger partial charge on any atom is -0.350 e. The number of nitrogens with two attached hydrogens (primary N) is 1. The van der Waals surface area contributed by atoms with Gasteiger partial charge in [-0.15, -0.1) is 0 Å². The average Bonchev–Trinajstić information content (AvgIpc) is 2.37. The number of carbonyl (C=O) groups is 2. The van der Waals surface area contributed by atoms with Crippen LogP contribution in [0.5, 0.6) is 0 Å². The van der Waals surface area contributed by atoms with Gasteiger partial charge in [0, 0.05) is 19.3 Å². The van der Waals surface area contributed by atoms with Crippen LogP contribution < -0.4 is 10.7 Å². The molecule has 0 bridgehead atoms. The average molecular weight is 168 g/mol. The van der Waals surface area contributed by atoms with Crippen LogP contribution in [0.3, 0.4) is 0 Å². The molecule has 0 saturated heterocycles. The van der Waals surface area contributed by atoms with Gasteiger partial charge in [-0.05, 0) is 0 Å². The molecule has 1 aromatic rings. The predicted octanol–water partition coefficient (Wildman–Crippen LogP) is -0.554. The maximum absolute atomic E-state index is 10.9. The van der Waals surface area contributed by atoms with Gasteiger partial charge in [-0.1, -0.05) is 0 Å². The molecule has 0 aliphatic heterocycles. The Kier molecular flexibility index (Phi) is 2.09. The first-order chi connectivity index (χ1) is 5.63. The predicted molar refractivity (Wildman–Crippen MR) is 40.7 cm³/mol. The molecule has 0 atom stereocenters. The van der Waals surface area contributed by atoms with E-state index in [1.54, 1.807) is 0 Å². The van der Waals surface area contributed by atoms with Crippen molar-refractivity contribution < 1.29 is 9.59 Å². The summed E-state index contributed by atoms with van der Waals surface area (Å²) in [6, 6.07) is -0.833. The van der Waals surface area contributed by atoms with E-state index in [9.17, 15) is 9.59 Å². The van der Waals surface area contributed by atoms with Crippen LogP contribution in [-0.2, 0) is 4.79 Å². The molecular formula is C6H8N4O2. The number of hydrogen-bond donors (Lipinski definition) is 1. The van der Waals surface area contributed by atoms with Gasteiger partial charge in [-0.2, -0.15) is 5.01 Å². The standard InChI is InChI=1S/C6H8N4O2/c1-5(11)10(6(7)12)9-3-2-8-4-9/h2-4H,1H3,(H2,7,12). The monoisotopic (exact) mass is 168 g/mol. The number of aromatic nitrogens is 2. The maximum atomic E-state index is 10.9. The van der Waals surface area contributed by atoms with Crippen molar-refractivity contribution in [2.45, 2.75) is 6.92 Å². The summed E-state index contributed by atoms with van der Waals surface area (Å²) in [6.07, 6.45) is 4.21. The summed E-state index contributed by atoms with van der Waals surface area (Å²) in [7, 11) is 0. The van der Waals surface area contributed by atoms with Crippen LogP contribution in [0, 0.1) is 0 Å². The third-order valence-corrected chi connectivity index (χ3v) is 1.23. The highest BCUT2D eigenvalue weighted by Gasteiger charge is 2.15. The smallest absolute Gasteiger partial charge is 0.341 e. The Bertz CT molecular complexity index is 279. The summed E-state index contributed by atoms with van der Waals surface area (Å²) in [4.78, 5) is 25.2. The summed E-state index contributed by atoms with van der Waals surface area (Å²) in [5, 5.41) is 0.771. The van der Waals surface area contributed by atoms with Crippen molar-refractivity contribution in [3.8, 4) is 0 Å². The molecule has 0 fully saturated rings. The fraction of sp³-hybridized carbons (Fsp3) is 0.167. The summed E-state index contributed by atoms with van der Waals surface area (Å²) in [5.74, 6) is -0.458. The second kappa shape index (κ2) is 3.04. The lowest BCUT2D eigenvalue weighted by Crippen LogP contribution is -2.46. The third kappa shape index (κ3) is 1.42. The van der Waals surface area contributed by atoms with Crippen molar-refractivity contribution in [2.24, 2.45) is 5.73 Å². The molecule has 0 spiro atoms. The third-order valence-electron chi connectivity index (χ3n) is 1.23. The van der Waals surface area contributed by atoms with E-state index in [2.05, 4.69) is 4.98 Å². The molecule has 6 heteroatoms. The Labute approximate surface area is 68.6 Å². The first-order valence-corrected chi connectivity index (χ1v) is 3.21. The highest BCUT2D eigenvalue weighted by Crippen LogP contribution is 1.91. The number of nitrogens with zero attached hydrogens (tertiary/aromatic N) is 3. The van der Waals surface area contributed by atoms with E-state index in [4.69, 9.17) is 5.73 Å². The molecule has 1 rings (SSSR count). The minimum absolute atomic E-state index is 0.458. The highest BCUT2D eigenvalue weighted by atomic mass is 16.2. The number of urea groups is 1. The number of carbonyl (C=O) groups excluding carboxylic acids is 2. The van der Waals surface area contributed by atoms with Crippen LogP contribution in [0.25, 0.3) is 0 Å². The fourth-order valence-electron chi connectivity index (χ4n) is 0.802. The Morgan fingerprint density at radius 2 is 2.25 bits per heavy atom. The van der Waals surface area contributed by atoms with Crippen molar-refractivity contribution in [3.05, 3.63) is 18.7 Å². The quantitative estimate of drug-likeness (QED) is 0.610. The maximum Gasteiger partial charge on any atom is 0.341 e. The van der Waals surface area contributed by atoms with Crippen LogP contribution in [-0.4, -0.2) is 21.6 Å². The van der Waals surface area contributed by atoms with Crippen LogP contribution in [0.15, 0.2) is 18.7 Å². The van der Waals surface area contributed by atoms with Crippen molar-refractivity contribution in [1.82, 2.24) is 9.66 Å². The molecule has 64 valence electrons. The molecule has 6 nitrogen and oxygen atoms in total. The van der Waals surface area contributed by atoms with E-state index in [0.29, 0.717) is 0 Å². The fourth-order valence-corrected chi connectivity index (χ4v) is 0.802. The summed E-state index contributed by atoms with van der Waals surface area (Å²) >= 11 is 0. The minimum atomic E-state index is -0.833. The Morgan fingerprint density at radius 1 is 1.58 bits per heavy atom. The van der Waals surface area contributed by atoms with Gasteiger partial charge in [-0.3, -0.25) is 4.79 Å². The molecule has 1 aromatic heterocycles. The van der Waals surface area contributed by atoms with Gasteiger partial charge in [0.05, 0.1) is 0 Å². The molecule has 0 aliphatic carbocycles. The second-order valence-corrected chi connectivity index (χ2v) is 2.11. The lowest BCUT2D eigenvalue weighted by Gasteiger charge is -2.15. The number of amides is 3. The first kappa shape index (κ1) is 8.25. The van der Waals surface area contributed by atoms with Crippen LogP contribution in [0.4, 0.5) is 4.79 Å². The van der Waals surface area contributed by atoms with E-state index >= 15 is 0 Å². The highest BCUT2D eigenvalue weighted by molar-refractivity contribution is 6.05. The van der Waals surface area contributed by atoms with Gasteiger partial charge in [0.15, 0.2) is 0 Å². The number of imidazole rings is 1. The molecule has 1 heterocycles. The summed E-state index contributed by atoms with van der Waals surface area (Å²) < 4.78 is 1.21. The van der Waals surface area contributed by atoms with Gasteiger partial charge < -0.3 is 5.73 Å². The van der Waals surface area contributed by atoms with Gasteiger partial charge >= 0.3 is 6.03 Å². The SMILES string of the molecule is CC(=O)N(C(N)=O)n1ccnc1. The molecule has 12 heavy (non-hydrogen) atoms. The molecule has 0 aromatic carbocycles. The molecule has 0 aliphatic rings. The lowest BCUT2D eigenvalue weighted by atomic mass is 10.6. The Balaban J connectivity index is 2.96. The lowest BCUT2D eigenvalue weighted by molar-refractivity contribution is -0.117. The van der Waals surface area contributed by atoms with E-state index < -0.39 is 11.9 Å². The number of rotatable bonds is 1. The zero-order valence-electron chi connectivity index (χ0n) is 6.47. The van der Waals surface area contributed by atoms with Gasteiger partial charge in [0.2, 0.25) is 5.91 Å². The Hall–Kier alpha value is -1.85. The largest absolute Gasteiger partial charge is 0.350 e. The van der Waals surface area contributed by atoms with Crippen LogP contribution >= 0.6 is 0 Å². The zero-order chi connectivity index (χ0) is 9.14. The van der Waals surface area contributed by atoms with Gasteiger partial charge in [0.25, 0.3) is 0 Å². The van der Waals surface area contributed by atoms with E-state index in [0.717, 1.165) is 5.01 Å². The molecule has 0 saturated carbocycles. The second-order valence-electron chi connectivity index (χ2n) is 2.11. The van der Waals surface area contributed by atoms with Crippen LogP contribution in [0.2, 0.25) is 0 Å². The van der Waals surface area contributed by atoms with E-state index in [-0.39, 0.29) is 0 Å².